The van der Waals surface area contributed by atoms with E-state index >= 15 is 0 Å². The van der Waals surface area contributed by atoms with E-state index in [4.69, 9.17) is 4.74 Å². The zero-order valence-electron chi connectivity index (χ0n) is 15.7. The fraction of sp³-hybridized carbons (Fsp3) is 0.381. The second-order valence-corrected chi connectivity index (χ2v) is 6.96. The maximum absolute atomic E-state index is 12.3. The molecule has 0 radical (unpaired) electrons. The van der Waals surface area contributed by atoms with Crippen LogP contribution in [0.25, 0.3) is 11.1 Å². The van der Waals surface area contributed by atoms with E-state index in [1.807, 2.05) is 45.3 Å². The molecule has 2 N–H and O–H groups in total. The van der Waals surface area contributed by atoms with E-state index in [1.54, 1.807) is 0 Å². The first-order valence-electron chi connectivity index (χ1n) is 9.10. The monoisotopic (exact) mass is 353 g/mol. The molecule has 0 aliphatic carbocycles. The zero-order valence-corrected chi connectivity index (χ0v) is 15.7. The molecule has 0 saturated carbocycles. The molecule has 2 unspecified atom stereocenters. The van der Waals surface area contributed by atoms with Crippen molar-refractivity contribution in [1.29, 1.82) is 0 Å². The minimum Gasteiger partial charge on any atom is -0.378 e. The number of ether oxygens (including phenoxy) is 1. The van der Waals surface area contributed by atoms with Crippen LogP contribution in [-0.4, -0.2) is 38.9 Å². The van der Waals surface area contributed by atoms with Crippen LogP contribution in [0.2, 0.25) is 0 Å². The molecule has 3 rings (SSSR count). The van der Waals surface area contributed by atoms with Crippen molar-refractivity contribution in [1.82, 2.24) is 5.32 Å². The van der Waals surface area contributed by atoms with E-state index in [0.29, 0.717) is 0 Å². The van der Waals surface area contributed by atoms with Crippen LogP contribution in [-0.2, 0) is 4.74 Å². The Balaban J connectivity index is 1.64. The molecule has 1 fully saturated rings. The third-order valence-corrected chi connectivity index (χ3v) is 4.72. The van der Waals surface area contributed by atoms with Crippen LogP contribution in [0.4, 0.5) is 16.2 Å². The quantitative estimate of drug-likeness (QED) is 0.850. The van der Waals surface area contributed by atoms with Gasteiger partial charge < -0.3 is 20.3 Å². The highest BCUT2D eigenvalue weighted by Crippen LogP contribution is 2.25. The number of carbonyl (C=O) groups excluding carboxylic acids is 1. The second-order valence-electron chi connectivity index (χ2n) is 6.96. The highest BCUT2D eigenvalue weighted by Gasteiger charge is 2.23. The molecule has 2 atom stereocenters. The van der Waals surface area contributed by atoms with Gasteiger partial charge in [0.05, 0.1) is 12.1 Å². The summed E-state index contributed by atoms with van der Waals surface area (Å²) in [6, 6.07) is 16.0. The molecule has 0 spiro atoms. The van der Waals surface area contributed by atoms with E-state index in [1.165, 1.54) is 0 Å². The Kier molecular flexibility index (Phi) is 5.78. The van der Waals surface area contributed by atoms with Gasteiger partial charge in [-0.3, -0.25) is 0 Å². The summed E-state index contributed by atoms with van der Waals surface area (Å²) in [6.07, 6.45) is 2.18. The maximum Gasteiger partial charge on any atom is 0.319 e. The summed E-state index contributed by atoms with van der Waals surface area (Å²) in [5.41, 5.74) is 4.12. The number of urea groups is 1. The fourth-order valence-corrected chi connectivity index (χ4v) is 3.19. The normalized spacial score (nSPS) is 17.6. The first-order valence-corrected chi connectivity index (χ1v) is 9.10. The molecule has 0 aromatic heterocycles. The fourth-order valence-electron chi connectivity index (χ4n) is 3.19. The van der Waals surface area contributed by atoms with Crippen molar-refractivity contribution in [3.8, 4) is 11.1 Å². The predicted molar refractivity (Wildman–Crippen MR) is 107 cm³/mol. The lowest BCUT2D eigenvalue weighted by Gasteiger charge is -2.20. The highest BCUT2D eigenvalue weighted by molar-refractivity contribution is 5.90. The molecule has 0 bridgehead atoms. The van der Waals surface area contributed by atoms with Crippen molar-refractivity contribution in [3.05, 3.63) is 48.5 Å². The molecule has 138 valence electrons. The molecule has 2 aromatic carbocycles. The lowest BCUT2D eigenvalue weighted by atomic mass is 10.0. The van der Waals surface area contributed by atoms with Gasteiger partial charge in [0.25, 0.3) is 0 Å². The van der Waals surface area contributed by atoms with Crippen LogP contribution in [0.5, 0.6) is 0 Å². The van der Waals surface area contributed by atoms with E-state index in [-0.39, 0.29) is 18.2 Å². The minimum atomic E-state index is -0.201. The number of nitrogens with zero attached hydrogens (tertiary/aromatic N) is 1. The molecule has 2 aromatic rings. The highest BCUT2D eigenvalue weighted by atomic mass is 16.5. The number of amides is 2. The summed E-state index contributed by atoms with van der Waals surface area (Å²) in [5, 5.41) is 5.89. The summed E-state index contributed by atoms with van der Waals surface area (Å²) in [7, 11) is 4.05. The standard InChI is InChI=1S/C21H27N3O2/c1-15(20-8-5-13-26-20)22-21(25)23-18-7-4-6-17(14-18)16-9-11-19(12-10-16)24(2)3/h4,6-7,9-12,14-15,20H,5,8,13H2,1-3H3,(H2,22,23,25). The number of nitrogens with one attached hydrogen (secondary N) is 2. The average molecular weight is 353 g/mol. The van der Waals surface area contributed by atoms with Crippen molar-refractivity contribution >= 4 is 17.4 Å². The smallest absolute Gasteiger partial charge is 0.319 e. The van der Waals surface area contributed by atoms with Gasteiger partial charge in [0.1, 0.15) is 0 Å². The van der Waals surface area contributed by atoms with Gasteiger partial charge in [0.2, 0.25) is 0 Å². The van der Waals surface area contributed by atoms with Crippen molar-refractivity contribution in [3.63, 3.8) is 0 Å². The second kappa shape index (κ2) is 8.23. The lowest BCUT2D eigenvalue weighted by Crippen LogP contribution is -2.42. The van der Waals surface area contributed by atoms with Gasteiger partial charge in [-0.2, -0.15) is 0 Å². The van der Waals surface area contributed by atoms with Gasteiger partial charge in [-0.25, -0.2) is 4.79 Å². The summed E-state index contributed by atoms with van der Waals surface area (Å²) in [5.74, 6) is 0. The number of carbonyl (C=O) groups is 1. The molecule has 1 aliphatic heterocycles. The Hall–Kier alpha value is -2.53. The molecule has 5 nitrogen and oxygen atoms in total. The molecular formula is C21H27N3O2. The Morgan fingerprint density at radius 2 is 1.92 bits per heavy atom. The summed E-state index contributed by atoms with van der Waals surface area (Å²) in [4.78, 5) is 14.3. The zero-order chi connectivity index (χ0) is 18.5. The molecule has 1 heterocycles. The molecule has 1 aliphatic rings. The van der Waals surface area contributed by atoms with Gasteiger partial charge in [-0.1, -0.05) is 24.3 Å². The van der Waals surface area contributed by atoms with Gasteiger partial charge in [0, 0.05) is 32.1 Å². The van der Waals surface area contributed by atoms with Crippen LogP contribution in [0.15, 0.2) is 48.5 Å². The van der Waals surface area contributed by atoms with Crippen LogP contribution < -0.4 is 15.5 Å². The number of anilines is 2. The van der Waals surface area contributed by atoms with E-state index in [2.05, 4.69) is 39.8 Å². The Bertz CT molecular complexity index is 737. The van der Waals surface area contributed by atoms with E-state index < -0.39 is 0 Å². The van der Waals surface area contributed by atoms with E-state index in [9.17, 15) is 4.79 Å². The SMILES string of the molecule is CC(NC(=O)Nc1cccc(-c2ccc(N(C)C)cc2)c1)C1CCCO1. The summed E-state index contributed by atoms with van der Waals surface area (Å²) in [6.45, 7) is 2.77. The Morgan fingerprint density at radius 1 is 1.15 bits per heavy atom. The van der Waals surface area contributed by atoms with Gasteiger partial charge >= 0.3 is 6.03 Å². The van der Waals surface area contributed by atoms with Crippen LogP contribution >= 0.6 is 0 Å². The molecule has 2 amide bonds. The molecule has 26 heavy (non-hydrogen) atoms. The third-order valence-electron chi connectivity index (χ3n) is 4.72. The molecule has 5 heteroatoms. The van der Waals surface area contributed by atoms with Crippen molar-refractivity contribution in [2.75, 3.05) is 30.9 Å². The van der Waals surface area contributed by atoms with E-state index in [0.717, 1.165) is 42.0 Å². The maximum atomic E-state index is 12.3. The van der Waals surface area contributed by atoms with Gasteiger partial charge in [-0.05, 0) is 55.2 Å². The van der Waals surface area contributed by atoms with Gasteiger partial charge in [0.15, 0.2) is 0 Å². The summed E-state index contributed by atoms with van der Waals surface area (Å²) >= 11 is 0. The minimum absolute atomic E-state index is 0.000685. The first kappa shape index (κ1) is 18.3. The lowest BCUT2D eigenvalue weighted by molar-refractivity contribution is 0.0868. The Morgan fingerprint density at radius 3 is 2.58 bits per heavy atom. The average Bonchev–Trinajstić information content (AvgIpc) is 3.17. The Labute approximate surface area is 155 Å². The van der Waals surface area contributed by atoms with Crippen LogP contribution in [0, 0.1) is 0 Å². The predicted octanol–water partition coefficient (Wildman–Crippen LogP) is 4.11. The third kappa shape index (κ3) is 4.55. The van der Waals surface area contributed by atoms with Crippen LogP contribution in [0.1, 0.15) is 19.8 Å². The number of hydrogen-bond acceptors (Lipinski definition) is 3. The number of hydrogen-bond donors (Lipinski definition) is 2. The van der Waals surface area contributed by atoms with Crippen molar-refractivity contribution < 1.29 is 9.53 Å². The number of benzene rings is 2. The van der Waals surface area contributed by atoms with Gasteiger partial charge in [-0.15, -0.1) is 0 Å². The van der Waals surface area contributed by atoms with Crippen LogP contribution in [0.3, 0.4) is 0 Å². The molecule has 1 saturated heterocycles. The first-order chi connectivity index (χ1) is 12.5. The van der Waals surface area contributed by atoms with Crippen molar-refractivity contribution in [2.24, 2.45) is 0 Å². The summed E-state index contributed by atoms with van der Waals surface area (Å²) < 4.78 is 5.62. The molecular weight excluding hydrogens is 326 g/mol. The number of rotatable bonds is 5. The van der Waals surface area contributed by atoms with Crippen molar-refractivity contribution in [2.45, 2.75) is 31.9 Å². The largest absolute Gasteiger partial charge is 0.378 e. The topological polar surface area (TPSA) is 53.6 Å².